The molecule has 3 aromatic rings. The SMILES string of the molecule is CC1=C(CC(=O)N2CCCC2c2ccncc2)c2cc(F)ccc2/C1=C\c1ccc(S(C)=O)cc1. The van der Waals surface area contributed by atoms with Gasteiger partial charge in [0.05, 0.1) is 12.5 Å². The van der Waals surface area contributed by atoms with E-state index in [0.29, 0.717) is 0 Å². The topological polar surface area (TPSA) is 50.3 Å². The summed E-state index contributed by atoms with van der Waals surface area (Å²) in [6.07, 6.45) is 9.37. The van der Waals surface area contributed by atoms with Crippen molar-refractivity contribution in [3.8, 4) is 0 Å². The van der Waals surface area contributed by atoms with E-state index >= 15 is 0 Å². The summed E-state index contributed by atoms with van der Waals surface area (Å²) in [5.41, 5.74) is 6.64. The van der Waals surface area contributed by atoms with E-state index in [1.807, 2.05) is 48.2 Å². The number of nitrogens with zero attached hydrogens (tertiary/aromatic N) is 2. The van der Waals surface area contributed by atoms with Gasteiger partial charge in [-0.25, -0.2) is 4.39 Å². The Labute approximate surface area is 207 Å². The molecule has 2 unspecified atom stereocenters. The number of pyridine rings is 1. The van der Waals surface area contributed by atoms with E-state index in [1.54, 1.807) is 24.7 Å². The Balaban J connectivity index is 1.48. The summed E-state index contributed by atoms with van der Waals surface area (Å²) >= 11 is 0. The molecule has 2 aliphatic rings. The fraction of sp³-hybridized carbons (Fsp3) is 0.241. The van der Waals surface area contributed by atoms with E-state index in [9.17, 15) is 13.4 Å². The normalized spacial score (nSPS) is 19.3. The molecule has 2 heterocycles. The number of hydrogen-bond acceptors (Lipinski definition) is 3. The molecule has 1 aromatic heterocycles. The molecule has 0 N–H and O–H groups in total. The number of halogens is 1. The van der Waals surface area contributed by atoms with Crippen LogP contribution in [0.25, 0.3) is 17.2 Å². The molecular formula is C29H27FN2O2S. The second-order valence-electron chi connectivity index (χ2n) is 9.08. The molecule has 1 saturated heterocycles. The van der Waals surface area contributed by atoms with Crippen LogP contribution < -0.4 is 0 Å². The van der Waals surface area contributed by atoms with Gasteiger partial charge >= 0.3 is 0 Å². The first-order valence-corrected chi connectivity index (χ1v) is 13.3. The number of likely N-dealkylation sites (tertiary alicyclic amines) is 1. The monoisotopic (exact) mass is 486 g/mol. The zero-order valence-corrected chi connectivity index (χ0v) is 20.6. The molecule has 35 heavy (non-hydrogen) atoms. The summed E-state index contributed by atoms with van der Waals surface area (Å²) in [5.74, 6) is -0.252. The van der Waals surface area contributed by atoms with Crippen molar-refractivity contribution < 1.29 is 13.4 Å². The molecule has 1 amide bonds. The number of carbonyl (C=O) groups is 1. The van der Waals surface area contributed by atoms with Crippen molar-refractivity contribution in [3.05, 3.63) is 101 Å². The number of fused-ring (bicyclic) bond motifs is 1. The molecule has 6 heteroatoms. The summed E-state index contributed by atoms with van der Waals surface area (Å²) in [6, 6.07) is 16.4. The van der Waals surface area contributed by atoms with Crippen LogP contribution in [-0.4, -0.2) is 32.8 Å². The van der Waals surface area contributed by atoms with Crippen LogP contribution in [0.15, 0.2) is 77.5 Å². The lowest BCUT2D eigenvalue weighted by Crippen LogP contribution is -2.30. The number of rotatable bonds is 5. The van der Waals surface area contributed by atoms with Crippen molar-refractivity contribution >= 4 is 33.9 Å². The lowest BCUT2D eigenvalue weighted by Gasteiger charge is -2.25. The van der Waals surface area contributed by atoms with Gasteiger partial charge in [-0.1, -0.05) is 18.2 Å². The third-order valence-corrected chi connectivity index (χ3v) is 7.90. The standard InChI is InChI=1S/C29H27FN2O2S/c1-19-25(16-20-5-8-23(9-6-20)35(2)34)24-10-7-22(30)17-27(24)26(19)18-29(33)32-15-3-4-28(32)21-11-13-31-14-12-21/h5-14,16-17,28H,3-4,15,18H2,1-2H3/b25-16-. The van der Waals surface area contributed by atoms with Crippen molar-refractivity contribution in [2.75, 3.05) is 12.8 Å². The zero-order valence-electron chi connectivity index (χ0n) is 19.8. The highest BCUT2D eigenvalue weighted by atomic mass is 32.2. The summed E-state index contributed by atoms with van der Waals surface area (Å²) in [6.45, 7) is 2.73. The predicted octanol–water partition coefficient (Wildman–Crippen LogP) is 6.04. The van der Waals surface area contributed by atoms with E-state index in [-0.39, 0.29) is 24.2 Å². The summed E-state index contributed by atoms with van der Waals surface area (Å²) < 4.78 is 26.0. The maximum Gasteiger partial charge on any atom is 0.227 e. The maximum absolute atomic E-state index is 14.3. The highest BCUT2D eigenvalue weighted by molar-refractivity contribution is 7.84. The molecule has 0 radical (unpaired) electrons. The number of hydrogen-bond donors (Lipinski definition) is 0. The summed E-state index contributed by atoms with van der Waals surface area (Å²) in [5, 5.41) is 0. The first-order chi connectivity index (χ1) is 16.9. The van der Waals surface area contributed by atoms with E-state index in [1.165, 1.54) is 12.1 Å². The van der Waals surface area contributed by atoms with Gasteiger partial charge in [-0.05, 0) is 101 Å². The molecule has 2 atom stereocenters. The van der Waals surface area contributed by atoms with Crippen molar-refractivity contribution in [2.45, 2.75) is 37.1 Å². The molecule has 2 aromatic carbocycles. The van der Waals surface area contributed by atoms with Gasteiger partial charge < -0.3 is 4.90 Å². The number of allylic oxidation sites excluding steroid dienone is 2. The van der Waals surface area contributed by atoms with Crippen LogP contribution in [0, 0.1) is 5.82 Å². The number of benzene rings is 2. The van der Waals surface area contributed by atoms with Crippen molar-refractivity contribution in [1.82, 2.24) is 9.88 Å². The third kappa shape index (κ3) is 4.63. The fourth-order valence-electron chi connectivity index (χ4n) is 5.15. The zero-order chi connectivity index (χ0) is 24.5. The van der Waals surface area contributed by atoms with E-state index in [0.717, 1.165) is 63.3 Å². The van der Waals surface area contributed by atoms with Crippen molar-refractivity contribution in [2.24, 2.45) is 0 Å². The summed E-state index contributed by atoms with van der Waals surface area (Å²) in [4.78, 5) is 20.4. The van der Waals surface area contributed by atoms with E-state index in [2.05, 4.69) is 11.1 Å². The van der Waals surface area contributed by atoms with Crippen LogP contribution in [0.5, 0.6) is 0 Å². The highest BCUT2D eigenvalue weighted by Gasteiger charge is 2.32. The smallest absolute Gasteiger partial charge is 0.227 e. The fourth-order valence-corrected chi connectivity index (χ4v) is 5.67. The quantitative estimate of drug-likeness (QED) is 0.442. The second kappa shape index (κ2) is 9.70. The largest absolute Gasteiger partial charge is 0.335 e. The first-order valence-electron chi connectivity index (χ1n) is 11.8. The Morgan fingerprint density at radius 3 is 2.57 bits per heavy atom. The minimum absolute atomic E-state index is 0.0532. The average molecular weight is 487 g/mol. The van der Waals surface area contributed by atoms with E-state index < -0.39 is 10.8 Å². The number of aromatic nitrogens is 1. The Bertz CT molecular complexity index is 1360. The number of amides is 1. The van der Waals surface area contributed by atoms with Crippen LogP contribution in [-0.2, 0) is 15.6 Å². The molecular weight excluding hydrogens is 459 g/mol. The maximum atomic E-state index is 14.3. The minimum Gasteiger partial charge on any atom is -0.335 e. The second-order valence-corrected chi connectivity index (χ2v) is 10.5. The minimum atomic E-state index is -1.04. The summed E-state index contributed by atoms with van der Waals surface area (Å²) in [7, 11) is -1.04. The van der Waals surface area contributed by atoms with Gasteiger partial charge in [-0.3, -0.25) is 14.0 Å². The molecule has 1 aliphatic carbocycles. The van der Waals surface area contributed by atoms with Gasteiger partial charge in [0, 0.05) is 40.9 Å². The molecule has 178 valence electrons. The van der Waals surface area contributed by atoms with E-state index in [4.69, 9.17) is 0 Å². The van der Waals surface area contributed by atoms with Crippen LogP contribution >= 0.6 is 0 Å². The third-order valence-electron chi connectivity index (χ3n) is 6.97. The van der Waals surface area contributed by atoms with Gasteiger partial charge in [-0.2, -0.15) is 0 Å². The predicted molar refractivity (Wildman–Crippen MR) is 138 cm³/mol. The van der Waals surface area contributed by atoms with Crippen LogP contribution in [0.2, 0.25) is 0 Å². The Kier molecular flexibility index (Phi) is 6.48. The van der Waals surface area contributed by atoms with Crippen LogP contribution in [0.3, 0.4) is 0 Å². The Morgan fingerprint density at radius 2 is 1.86 bits per heavy atom. The molecule has 1 aliphatic heterocycles. The average Bonchev–Trinajstić information content (AvgIpc) is 3.45. The number of carbonyl (C=O) groups excluding carboxylic acids is 1. The molecule has 4 nitrogen and oxygen atoms in total. The van der Waals surface area contributed by atoms with Gasteiger partial charge in [0.1, 0.15) is 5.82 Å². The Hall–Kier alpha value is -3.38. The lowest BCUT2D eigenvalue weighted by molar-refractivity contribution is -0.131. The van der Waals surface area contributed by atoms with Gasteiger partial charge in [0.2, 0.25) is 5.91 Å². The van der Waals surface area contributed by atoms with Crippen molar-refractivity contribution in [3.63, 3.8) is 0 Å². The van der Waals surface area contributed by atoms with Crippen molar-refractivity contribution in [1.29, 1.82) is 0 Å². The molecule has 0 bridgehead atoms. The molecule has 0 spiro atoms. The first kappa shape index (κ1) is 23.4. The highest BCUT2D eigenvalue weighted by Crippen LogP contribution is 2.45. The van der Waals surface area contributed by atoms with Crippen LogP contribution in [0.4, 0.5) is 4.39 Å². The van der Waals surface area contributed by atoms with Gasteiger partial charge in [0.15, 0.2) is 0 Å². The Morgan fingerprint density at radius 1 is 1.11 bits per heavy atom. The van der Waals surface area contributed by atoms with Gasteiger partial charge in [-0.15, -0.1) is 0 Å². The van der Waals surface area contributed by atoms with Gasteiger partial charge in [0.25, 0.3) is 0 Å². The molecule has 0 saturated carbocycles. The molecule has 5 rings (SSSR count). The van der Waals surface area contributed by atoms with Crippen LogP contribution in [0.1, 0.15) is 54.5 Å². The molecule has 1 fully saturated rings. The lowest BCUT2D eigenvalue weighted by atomic mass is 10.0.